The molecule has 0 aromatic heterocycles. The molecule has 1 aliphatic rings. The number of nitrogens with zero attached hydrogens (tertiary/aromatic N) is 2. The molecule has 1 heterocycles. The van der Waals surface area contributed by atoms with Crippen LogP contribution in [0.4, 0.5) is 11.4 Å². The maximum absolute atomic E-state index is 11.6. The minimum atomic E-state index is -0.512. The number of hydrogen-bond donors (Lipinski definition) is 2. The highest BCUT2D eigenvalue weighted by Gasteiger charge is 2.21. The van der Waals surface area contributed by atoms with Gasteiger partial charge in [-0.1, -0.05) is 35.9 Å². The number of carbonyl (C=O) groups is 1. The average Bonchev–Trinajstić information content (AvgIpc) is 2.66. The molecule has 1 amide bonds. The van der Waals surface area contributed by atoms with E-state index in [1.807, 2.05) is 18.2 Å². The Balaban J connectivity index is 1.55. The first-order valence-corrected chi connectivity index (χ1v) is 9.30. The van der Waals surface area contributed by atoms with Crippen molar-refractivity contribution < 1.29 is 4.79 Å². The molecule has 1 atom stereocenters. The van der Waals surface area contributed by atoms with E-state index >= 15 is 0 Å². The summed E-state index contributed by atoms with van der Waals surface area (Å²) >= 11 is 6.11. The molecule has 2 aromatic rings. The Morgan fingerprint density at radius 2 is 1.81 bits per heavy atom. The van der Waals surface area contributed by atoms with Gasteiger partial charge in [0.25, 0.3) is 5.91 Å². The number of amides is 1. The zero-order valence-electron chi connectivity index (χ0n) is 15.0. The summed E-state index contributed by atoms with van der Waals surface area (Å²) in [7, 11) is 0. The van der Waals surface area contributed by atoms with Crippen LogP contribution in [0, 0.1) is 0 Å². The lowest BCUT2D eigenvalue weighted by molar-refractivity contribution is 0.100. The number of nitrogens with two attached hydrogens (primary N) is 1. The van der Waals surface area contributed by atoms with Crippen LogP contribution in [0.2, 0.25) is 5.02 Å². The number of carbonyl (C=O) groups excluding carboxylic acids is 1. The molecule has 0 aliphatic carbocycles. The molecule has 0 spiro atoms. The van der Waals surface area contributed by atoms with Crippen LogP contribution in [0.15, 0.2) is 48.5 Å². The number of primary amides is 1. The van der Waals surface area contributed by atoms with Crippen LogP contribution in [-0.4, -0.2) is 49.6 Å². The van der Waals surface area contributed by atoms with Gasteiger partial charge in [0.2, 0.25) is 0 Å². The average molecular weight is 373 g/mol. The lowest BCUT2D eigenvalue weighted by atomic mass is 10.1. The fourth-order valence-electron chi connectivity index (χ4n) is 3.37. The fraction of sp³-hybridized carbons (Fsp3) is 0.350. The van der Waals surface area contributed by atoms with E-state index in [1.165, 1.54) is 5.69 Å². The molecule has 5 nitrogen and oxygen atoms in total. The van der Waals surface area contributed by atoms with Crippen LogP contribution in [0.3, 0.4) is 0 Å². The molecule has 1 aliphatic heterocycles. The lowest BCUT2D eigenvalue weighted by Crippen LogP contribution is -2.51. The number of halogens is 1. The molecule has 0 saturated carbocycles. The second-order valence-electron chi connectivity index (χ2n) is 6.62. The molecule has 138 valence electrons. The highest BCUT2D eigenvalue weighted by Crippen LogP contribution is 2.24. The predicted octanol–water partition coefficient (Wildman–Crippen LogP) is 3.06. The van der Waals surface area contributed by atoms with Crippen molar-refractivity contribution in [1.82, 2.24) is 4.90 Å². The van der Waals surface area contributed by atoms with E-state index in [9.17, 15) is 4.79 Å². The zero-order chi connectivity index (χ0) is 18.5. The summed E-state index contributed by atoms with van der Waals surface area (Å²) in [6.45, 7) is 6.97. The van der Waals surface area contributed by atoms with Gasteiger partial charge < -0.3 is 16.0 Å². The maximum Gasteiger partial charge on any atom is 0.252 e. The van der Waals surface area contributed by atoms with E-state index in [-0.39, 0.29) is 0 Å². The molecule has 26 heavy (non-hydrogen) atoms. The van der Waals surface area contributed by atoms with Crippen molar-refractivity contribution in [3.8, 4) is 0 Å². The fourth-order valence-corrected chi connectivity index (χ4v) is 3.64. The van der Waals surface area contributed by atoms with Crippen LogP contribution in [-0.2, 0) is 0 Å². The molecule has 3 N–H and O–H groups in total. The molecule has 1 saturated heterocycles. The Morgan fingerprint density at radius 1 is 1.12 bits per heavy atom. The molecule has 0 bridgehead atoms. The van der Waals surface area contributed by atoms with E-state index in [4.69, 9.17) is 17.3 Å². The summed E-state index contributed by atoms with van der Waals surface area (Å²) in [5.74, 6) is -0.512. The van der Waals surface area contributed by atoms with Gasteiger partial charge in [0.1, 0.15) is 0 Å². The van der Waals surface area contributed by atoms with Gasteiger partial charge in [0, 0.05) is 50.1 Å². The number of nitrogens with one attached hydrogen (secondary N) is 1. The molecule has 0 radical (unpaired) electrons. The van der Waals surface area contributed by atoms with E-state index in [2.05, 4.69) is 46.3 Å². The minimum Gasteiger partial charge on any atom is -0.383 e. The second kappa shape index (κ2) is 8.43. The monoisotopic (exact) mass is 372 g/mol. The summed E-state index contributed by atoms with van der Waals surface area (Å²) in [5.41, 5.74) is 7.79. The van der Waals surface area contributed by atoms with Crippen molar-refractivity contribution in [3.63, 3.8) is 0 Å². The van der Waals surface area contributed by atoms with Crippen molar-refractivity contribution >= 4 is 28.9 Å². The molecule has 1 fully saturated rings. The number of rotatable bonds is 6. The summed E-state index contributed by atoms with van der Waals surface area (Å²) < 4.78 is 0. The summed E-state index contributed by atoms with van der Waals surface area (Å²) in [4.78, 5) is 16.5. The molecule has 1 unspecified atom stereocenters. The predicted molar refractivity (Wildman–Crippen MR) is 108 cm³/mol. The van der Waals surface area contributed by atoms with Gasteiger partial charge in [-0.05, 0) is 31.2 Å². The third kappa shape index (κ3) is 4.29. The third-order valence-corrected chi connectivity index (χ3v) is 5.22. The first kappa shape index (κ1) is 18.5. The van der Waals surface area contributed by atoms with Crippen molar-refractivity contribution in [2.45, 2.75) is 13.0 Å². The standard InChI is InChI=1S/C20H25ClN4O/c1-15(14-23-18-9-5-8-17(21)19(18)20(22)26)24-10-12-25(13-11-24)16-6-3-2-4-7-16/h2-9,15,23H,10-14H2,1H3,(H2,22,26). The van der Waals surface area contributed by atoms with Crippen molar-refractivity contribution in [2.75, 3.05) is 42.9 Å². The van der Waals surface area contributed by atoms with Gasteiger partial charge in [-0.2, -0.15) is 0 Å². The molecular weight excluding hydrogens is 348 g/mol. The van der Waals surface area contributed by atoms with Gasteiger partial charge >= 0.3 is 0 Å². The molecule has 6 heteroatoms. The number of para-hydroxylation sites is 1. The first-order chi connectivity index (χ1) is 12.6. The van der Waals surface area contributed by atoms with E-state index < -0.39 is 5.91 Å². The van der Waals surface area contributed by atoms with Crippen molar-refractivity contribution in [1.29, 1.82) is 0 Å². The summed E-state index contributed by atoms with van der Waals surface area (Å²) in [6, 6.07) is 16.2. The topological polar surface area (TPSA) is 61.6 Å². The van der Waals surface area contributed by atoms with Gasteiger partial charge in [0.05, 0.1) is 10.6 Å². The van der Waals surface area contributed by atoms with Crippen LogP contribution >= 0.6 is 11.6 Å². The Hall–Kier alpha value is -2.24. The molecule has 2 aromatic carbocycles. The Kier molecular flexibility index (Phi) is 6.01. The summed E-state index contributed by atoms with van der Waals surface area (Å²) in [6.07, 6.45) is 0. The van der Waals surface area contributed by atoms with Gasteiger partial charge in [-0.3, -0.25) is 9.69 Å². The van der Waals surface area contributed by atoms with Crippen LogP contribution < -0.4 is 16.0 Å². The summed E-state index contributed by atoms with van der Waals surface area (Å²) in [5, 5.41) is 3.72. The Morgan fingerprint density at radius 3 is 2.46 bits per heavy atom. The Bertz CT molecular complexity index is 745. The zero-order valence-corrected chi connectivity index (χ0v) is 15.7. The lowest BCUT2D eigenvalue weighted by Gasteiger charge is -2.39. The second-order valence-corrected chi connectivity index (χ2v) is 7.02. The van der Waals surface area contributed by atoms with Crippen molar-refractivity contribution in [2.24, 2.45) is 5.73 Å². The highest BCUT2D eigenvalue weighted by molar-refractivity contribution is 6.34. The Labute approximate surface area is 159 Å². The quantitative estimate of drug-likeness (QED) is 0.818. The number of piperazine rings is 1. The van der Waals surface area contributed by atoms with Gasteiger partial charge in [0.15, 0.2) is 0 Å². The smallest absolute Gasteiger partial charge is 0.252 e. The van der Waals surface area contributed by atoms with Crippen molar-refractivity contribution in [3.05, 3.63) is 59.1 Å². The number of anilines is 2. The van der Waals surface area contributed by atoms with Gasteiger partial charge in [-0.25, -0.2) is 0 Å². The van der Waals surface area contributed by atoms with Crippen LogP contribution in [0.1, 0.15) is 17.3 Å². The largest absolute Gasteiger partial charge is 0.383 e. The van der Waals surface area contributed by atoms with E-state index in [1.54, 1.807) is 6.07 Å². The SMILES string of the molecule is CC(CNc1cccc(Cl)c1C(N)=O)N1CCN(c2ccccc2)CC1. The normalized spacial score (nSPS) is 16.3. The number of benzene rings is 2. The molecule has 3 rings (SSSR count). The van der Waals surface area contributed by atoms with E-state index in [0.29, 0.717) is 22.3 Å². The van der Waals surface area contributed by atoms with Crippen LogP contribution in [0.25, 0.3) is 0 Å². The number of hydrogen-bond acceptors (Lipinski definition) is 4. The third-order valence-electron chi connectivity index (χ3n) is 4.91. The van der Waals surface area contributed by atoms with Crippen LogP contribution in [0.5, 0.6) is 0 Å². The molecular formula is C20H25ClN4O. The van der Waals surface area contributed by atoms with Gasteiger partial charge in [-0.15, -0.1) is 0 Å². The minimum absolute atomic E-state index is 0.340. The van der Waals surface area contributed by atoms with E-state index in [0.717, 1.165) is 32.7 Å². The maximum atomic E-state index is 11.6. The highest BCUT2D eigenvalue weighted by atomic mass is 35.5. The first-order valence-electron chi connectivity index (χ1n) is 8.92.